The van der Waals surface area contributed by atoms with E-state index in [4.69, 9.17) is 10.00 Å². The molecule has 0 atom stereocenters. The fourth-order valence-corrected chi connectivity index (χ4v) is 2.80. The molecule has 0 heterocycles. The van der Waals surface area contributed by atoms with Gasteiger partial charge >= 0.3 is 5.97 Å². The molecule has 0 aromatic heterocycles. The fraction of sp³-hybridized carbons (Fsp3) is 0.0833. The van der Waals surface area contributed by atoms with Crippen molar-refractivity contribution in [2.45, 2.75) is 6.92 Å². The first kappa shape index (κ1) is 20.5. The Bertz CT molecular complexity index is 1140. The maximum Gasteiger partial charge on any atom is 0.339 e. The number of anilines is 1. The lowest BCUT2D eigenvalue weighted by molar-refractivity contribution is -0.119. The van der Waals surface area contributed by atoms with E-state index >= 15 is 0 Å². The summed E-state index contributed by atoms with van der Waals surface area (Å²) in [6.45, 7) is 1.37. The molecule has 3 rings (SSSR count). The third-order valence-electron chi connectivity index (χ3n) is 4.36. The number of nitrogens with zero attached hydrogens (tertiary/aromatic N) is 1. The summed E-state index contributed by atoms with van der Waals surface area (Å²) < 4.78 is 5.10. The highest BCUT2D eigenvalue weighted by Gasteiger charge is 2.20. The molecule has 3 aromatic carbocycles. The van der Waals surface area contributed by atoms with Gasteiger partial charge in [0.25, 0.3) is 5.91 Å². The Morgan fingerprint density at radius 2 is 1.53 bits per heavy atom. The van der Waals surface area contributed by atoms with Crippen molar-refractivity contribution in [2.24, 2.45) is 0 Å². The van der Waals surface area contributed by atoms with Gasteiger partial charge in [-0.2, -0.15) is 5.26 Å². The van der Waals surface area contributed by atoms with Crippen LogP contribution >= 0.6 is 0 Å². The molecule has 1 amide bonds. The Hall–Kier alpha value is -4.24. The molecule has 0 aliphatic rings. The number of esters is 1. The van der Waals surface area contributed by atoms with Gasteiger partial charge in [-0.05, 0) is 25.1 Å². The van der Waals surface area contributed by atoms with Crippen molar-refractivity contribution in [1.82, 2.24) is 0 Å². The normalized spacial score (nSPS) is 10.0. The smallest absolute Gasteiger partial charge is 0.339 e. The highest BCUT2D eigenvalue weighted by Crippen LogP contribution is 2.17. The van der Waals surface area contributed by atoms with Crippen LogP contribution in [0.4, 0.5) is 5.69 Å². The fourth-order valence-electron chi connectivity index (χ4n) is 2.80. The summed E-state index contributed by atoms with van der Waals surface area (Å²) in [7, 11) is 0. The van der Waals surface area contributed by atoms with Gasteiger partial charge in [0.15, 0.2) is 12.4 Å². The SMILES string of the molecule is Cc1ccc(C(=O)c2ccccc2C(=O)OCC(=O)Nc2ccccc2C#N)cc1. The number of nitriles is 1. The molecule has 0 saturated heterocycles. The van der Waals surface area contributed by atoms with Gasteiger partial charge in [0, 0.05) is 11.1 Å². The zero-order valence-electron chi connectivity index (χ0n) is 16.2. The second-order valence-electron chi connectivity index (χ2n) is 6.52. The van der Waals surface area contributed by atoms with E-state index in [1.54, 1.807) is 54.6 Å². The molecule has 0 aliphatic heterocycles. The number of aryl methyl sites for hydroxylation is 1. The second-order valence-corrected chi connectivity index (χ2v) is 6.52. The lowest BCUT2D eigenvalue weighted by atomic mass is 9.98. The van der Waals surface area contributed by atoms with E-state index in [1.807, 2.05) is 25.1 Å². The first-order chi connectivity index (χ1) is 14.5. The molecule has 3 aromatic rings. The van der Waals surface area contributed by atoms with E-state index in [2.05, 4.69) is 5.32 Å². The number of carbonyl (C=O) groups is 3. The minimum Gasteiger partial charge on any atom is -0.452 e. The van der Waals surface area contributed by atoms with Gasteiger partial charge in [0.1, 0.15) is 6.07 Å². The molecule has 0 saturated carbocycles. The molecule has 30 heavy (non-hydrogen) atoms. The molecule has 0 aliphatic carbocycles. The van der Waals surface area contributed by atoms with Gasteiger partial charge in [-0.3, -0.25) is 9.59 Å². The summed E-state index contributed by atoms with van der Waals surface area (Å²) in [4.78, 5) is 37.5. The molecule has 0 radical (unpaired) electrons. The number of rotatable bonds is 6. The number of hydrogen-bond acceptors (Lipinski definition) is 5. The summed E-state index contributed by atoms with van der Waals surface area (Å²) in [5, 5.41) is 11.6. The number of nitrogens with one attached hydrogen (secondary N) is 1. The Balaban J connectivity index is 1.70. The standard InChI is InChI=1S/C24H18N2O4/c1-16-10-12-17(13-11-16)23(28)19-7-3-4-8-20(19)24(29)30-15-22(27)26-21-9-5-2-6-18(21)14-25/h2-13H,15H2,1H3,(H,26,27). The molecule has 1 N–H and O–H groups in total. The number of ketones is 1. The van der Waals surface area contributed by atoms with Gasteiger partial charge in [-0.15, -0.1) is 0 Å². The van der Waals surface area contributed by atoms with Crippen LogP contribution in [0.1, 0.15) is 37.4 Å². The molecule has 0 spiro atoms. The van der Waals surface area contributed by atoms with E-state index in [-0.39, 0.29) is 16.9 Å². The minimum atomic E-state index is -0.783. The van der Waals surface area contributed by atoms with Gasteiger partial charge in [0.2, 0.25) is 0 Å². The van der Waals surface area contributed by atoms with Crippen molar-refractivity contribution >= 4 is 23.3 Å². The predicted octanol–water partition coefficient (Wildman–Crippen LogP) is 3.89. The molecular formula is C24H18N2O4. The van der Waals surface area contributed by atoms with E-state index in [1.165, 1.54) is 6.07 Å². The van der Waals surface area contributed by atoms with Crippen molar-refractivity contribution in [3.05, 3.63) is 101 Å². The van der Waals surface area contributed by atoms with Crippen LogP contribution in [-0.4, -0.2) is 24.3 Å². The summed E-state index contributed by atoms with van der Waals surface area (Å²) >= 11 is 0. The highest BCUT2D eigenvalue weighted by atomic mass is 16.5. The van der Waals surface area contributed by atoms with E-state index in [0.29, 0.717) is 16.8 Å². The van der Waals surface area contributed by atoms with Crippen LogP contribution in [0.25, 0.3) is 0 Å². The maximum atomic E-state index is 12.8. The summed E-state index contributed by atoms with van der Waals surface area (Å²) in [5.41, 5.74) is 2.37. The van der Waals surface area contributed by atoms with Gasteiger partial charge in [-0.25, -0.2) is 4.79 Å². The monoisotopic (exact) mass is 398 g/mol. The Labute approximate surface area is 173 Å². The average Bonchev–Trinajstić information content (AvgIpc) is 2.78. The predicted molar refractivity (Wildman–Crippen MR) is 111 cm³/mol. The van der Waals surface area contributed by atoms with Crippen molar-refractivity contribution in [1.29, 1.82) is 5.26 Å². The molecule has 148 valence electrons. The second kappa shape index (κ2) is 9.30. The van der Waals surface area contributed by atoms with Gasteiger partial charge in [0.05, 0.1) is 16.8 Å². The first-order valence-corrected chi connectivity index (χ1v) is 9.16. The van der Waals surface area contributed by atoms with Crippen LogP contribution in [0.15, 0.2) is 72.8 Å². The van der Waals surface area contributed by atoms with E-state index < -0.39 is 18.5 Å². The number of amides is 1. The van der Waals surface area contributed by atoms with Crippen LogP contribution < -0.4 is 5.32 Å². The van der Waals surface area contributed by atoms with Gasteiger partial charge in [-0.1, -0.05) is 60.2 Å². The van der Waals surface area contributed by atoms with Crippen molar-refractivity contribution in [3.63, 3.8) is 0 Å². The molecule has 6 nitrogen and oxygen atoms in total. The van der Waals surface area contributed by atoms with Gasteiger partial charge < -0.3 is 10.1 Å². The number of para-hydroxylation sites is 1. The zero-order chi connectivity index (χ0) is 21.5. The third kappa shape index (κ3) is 4.78. The minimum absolute atomic E-state index is 0.0771. The lowest BCUT2D eigenvalue weighted by Crippen LogP contribution is -2.22. The van der Waals surface area contributed by atoms with Crippen LogP contribution in [0.5, 0.6) is 0 Å². The summed E-state index contributed by atoms with van der Waals surface area (Å²) in [6.07, 6.45) is 0. The molecule has 0 unspecified atom stereocenters. The zero-order valence-corrected chi connectivity index (χ0v) is 16.2. The molecule has 0 fully saturated rings. The lowest BCUT2D eigenvalue weighted by Gasteiger charge is -2.10. The van der Waals surface area contributed by atoms with Crippen LogP contribution in [0, 0.1) is 18.3 Å². The highest BCUT2D eigenvalue weighted by molar-refractivity contribution is 6.14. The Kier molecular flexibility index (Phi) is 6.36. The Morgan fingerprint density at radius 3 is 2.23 bits per heavy atom. The number of carbonyl (C=O) groups excluding carboxylic acids is 3. The summed E-state index contributed by atoms with van der Waals surface area (Å²) in [5.74, 6) is -1.68. The van der Waals surface area contributed by atoms with E-state index in [0.717, 1.165) is 5.56 Å². The molecule has 6 heteroatoms. The van der Waals surface area contributed by atoms with Crippen molar-refractivity contribution < 1.29 is 19.1 Å². The van der Waals surface area contributed by atoms with Crippen LogP contribution in [0.2, 0.25) is 0 Å². The van der Waals surface area contributed by atoms with Crippen LogP contribution in [0.3, 0.4) is 0 Å². The number of benzene rings is 3. The van der Waals surface area contributed by atoms with Crippen LogP contribution in [-0.2, 0) is 9.53 Å². The van der Waals surface area contributed by atoms with E-state index in [9.17, 15) is 14.4 Å². The maximum absolute atomic E-state index is 12.8. The average molecular weight is 398 g/mol. The third-order valence-corrected chi connectivity index (χ3v) is 4.36. The number of ether oxygens (including phenoxy) is 1. The first-order valence-electron chi connectivity index (χ1n) is 9.16. The summed E-state index contributed by atoms with van der Waals surface area (Å²) in [6, 6.07) is 21.8. The topological polar surface area (TPSA) is 96.3 Å². The number of hydrogen-bond donors (Lipinski definition) is 1. The quantitative estimate of drug-likeness (QED) is 0.502. The van der Waals surface area contributed by atoms with Crippen molar-refractivity contribution in [2.75, 3.05) is 11.9 Å². The van der Waals surface area contributed by atoms with Crippen molar-refractivity contribution in [3.8, 4) is 6.07 Å². The largest absolute Gasteiger partial charge is 0.452 e. The Morgan fingerprint density at radius 1 is 0.900 bits per heavy atom. The molecule has 0 bridgehead atoms. The molecular weight excluding hydrogens is 380 g/mol.